The van der Waals surface area contributed by atoms with Crippen molar-refractivity contribution in [2.45, 2.75) is 32.2 Å². The highest BCUT2D eigenvalue weighted by atomic mass is 16.6. The molecular formula is C25H29N3O5. The maximum absolute atomic E-state index is 13.0. The molecule has 2 aromatic rings. The van der Waals surface area contributed by atoms with Crippen LogP contribution in [0.2, 0.25) is 0 Å². The molecule has 0 bridgehead atoms. The lowest BCUT2D eigenvalue weighted by atomic mass is 9.85. The van der Waals surface area contributed by atoms with E-state index in [-0.39, 0.29) is 28.8 Å². The first kappa shape index (κ1) is 24.1. The van der Waals surface area contributed by atoms with Crippen LogP contribution in [0.1, 0.15) is 43.5 Å². The Hall–Kier alpha value is -3.52. The van der Waals surface area contributed by atoms with Gasteiger partial charge in [-0.05, 0) is 30.6 Å². The number of ketones is 1. The number of Topliss-reactive ketones (excluding diaryl/α,β-unsaturated/α-hetero) is 1. The summed E-state index contributed by atoms with van der Waals surface area (Å²) >= 11 is 0. The Kier molecular flexibility index (Phi) is 6.69. The standard InChI is InChI=1S/C25H29N3O5/c1-25(2,3)18-11-9-16(10-12-18)21-20(23(30)24(31)27(21)14-13-26(4)5)22(29)17-7-6-8-19(15-17)28(32)33/h6-12,15,21,29H,13-14H2,1-5H3/b22-20-. The van der Waals surface area contributed by atoms with Gasteiger partial charge < -0.3 is 14.9 Å². The maximum atomic E-state index is 13.0. The van der Waals surface area contributed by atoms with E-state index >= 15 is 0 Å². The molecule has 2 aromatic carbocycles. The van der Waals surface area contributed by atoms with Crippen LogP contribution >= 0.6 is 0 Å². The predicted octanol–water partition coefficient (Wildman–Crippen LogP) is 3.88. The summed E-state index contributed by atoms with van der Waals surface area (Å²) in [6, 6.07) is 12.2. The average Bonchev–Trinajstić information content (AvgIpc) is 3.01. The van der Waals surface area contributed by atoms with Crippen LogP contribution in [0.15, 0.2) is 54.1 Å². The largest absolute Gasteiger partial charge is 0.507 e. The summed E-state index contributed by atoms with van der Waals surface area (Å²) in [5, 5.41) is 22.3. The lowest BCUT2D eigenvalue weighted by Crippen LogP contribution is -2.35. The van der Waals surface area contributed by atoms with Crippen molar-refractivity contribution in [1.82, 2.24) is 9.80 Å². The molecular weight excluding hydrogens is 422 g/mol. The number of carbonyl (C=O) groups is 2. The van der Waals surface area contributed by atoms with E-state index in [0.717, 1.165) is 5.56 Å². The zero-order valence-corrected chi connectivity index (χ0v) is 19.5. The minimum absolute atomic E-state index is 0.0669. The number of aliphatic hydroxyl groups is 1. The molecule has 8 heteroatoms. The number of carbonyl (C=O) groups excluding carboxylic acids is 2. The van der Waals surface area contributed by atoms with Crippen LogP contribution in [0.25, 0.3) is 5.76 Å². The molecule has 1 N–H and O–H groups in total. The molecule has 0 aliphatic carbocycles. The fourth-order valence-corrected chi connectivity index (χ4v) is 3.85. The number of nitro groups is 1. The lowest BCUT2D eigenvalue weighted by Gasteiger charge is -2.27. The summed E-state index contributed by atoms with van der Waals surface area (Å²) in [6.45, 7) is 7.09. The lowest BCUT2D eigenvalue weighted by molar-refractivity contribution is -0.384. The van der Waals surface area contributed by atoms with Gasteiger partial charge in [-0.2, -0.15) is 0 Å². The van der Waals surface area contributed by atoms with Crippen molar-refractivity contribution >= 4 is 23.1 Å². The number of non-ortho nitro benzene ring substituents is 1. The van der Waals surface area contributed by atoms with Crippen molar-refractivity contribution in [2.75, 3.05) is 27.2 Å². The number of hydrogen-bond acceptors (Lipinski definition) is 6. The van der Waals surface area contributed by atoms with Crippen molar-refractivity contribution in [3.8, 4) is 0 Å². The van der Waals surface area contributed by atoms with E-state index in [2.05, 4.69) is 20.8 Å². The zero-order valence-electron chi connectivity index (χ0n) is 19.5. The van der Waals surface area contributed by atoms with Crippen molar-refractivity contribution < 1.29 is 19.6 Å². The monoisotopic (exact) mass is 451 g/mol. The topological polar surface area (TPSA) is 104 Å². The van der Waals surface area contributed by atoms with E-state index in [1.54, 1.807) is 0 Å². The summed E-state index contributed by atoms with van der Waals surface area (Å²) in [5.74, 6) is -1.93. The number of nitrogens with zero attached hydrogens (tertiary/aromatic N) is 3. The Labute approximate surface area is 193 Å². The molecule has 1 atom stereocenters. The first-order valence-corrected chi connectivity index (χ1v) is 10.7. The van der Waals surface area contributed by atoms with E-state index in [9.17, 15) is 24.8 Å². The van der Waals surface area contributed by atoms with Crippen molar-refractivity contribution in [3.63, 3.8) is 0 Å². The number of nitro benzene ring substituents is 1. The molecule has 1 fully saturated rings. The van der Waals surface area contributed by atoms with Crippen molar-refractivity contribution in [2.24, 2.45) is 0 Å². The van der Waals surface area contributed by atoms with Gasteiger partial charge in [0.05, 0.1) is 16.5 Å². The molecule has 0 radical (unpaired) electrons. The zero-order chi connectivity index (χ0) is 24.5. The van der Waals surface area contributed by atoms with Gasteiger partial charge in [-0.3, -0.25) is 19.7 Å². The highest BCUT2D eigenvalue weighted by molar-refractivity contribution is 6.46. The molecule has 8 nitrogen and oxygen atoms in total. The van der Waals surface area contributed by atoms with E-state index in [0.29, 0.717) is 12.1 Å². The summed E-state index contributed by atoms with van der Waals surface area (Å²) < 4.78 is 0. The van der Waals surface area contributed by atoms with Gasteiger partial charge >= 0.3 is 0 Å². The summed E-state index contributed by atoms with van der Waals surface area (Å²) in [5.41, 5.74) is 1.54. The third-order valence-electron chi connectivity index (χ3n) is 5.75. The first-order valence-electron chi connectivity index (χ1n) is 10.7. The third kappa shape index (κ3) is 4.96. The predicted molar refractivity (Wildman–Crippen MR) is 126 cm³/mol. The van der Waals surface area contributed by atoms with E-state index < -0.39 is 28.4 Å². The summed E-state index contributed by atoms with van der Waals surface area (Å²) in [6.07, 6.45) is 0. The Morgan fingerprint density at radius 1 is 1.12 bits per heavy atom. The van der Waals surface area contributed by atoms with Gasteiger partial charge in [0.1, 0.15) is 5.76 Å². The molecule has 1 aliphatic rings. The van der Waals surface area contributed by atoms with Crippen LogP contribution in [0.5, 0.6) is 0 Å². The van der Waals surface area contributed by atoms with Gasteiger partial charge in [-0.25, -0.2) is 0 Å². The van der Waals surface area contributed by atoms with Gasteiger partial charge in [0.2, 0.25) is 0 Å². The van der Waals surface area contributed by atoms with Gasteiger partial charge in [-0.1, -0.05) is 57.2 Å². The van der Waals surface area contributed by atoms with E-state index in [1.807, 2.05) is 43.3 Å². The van der Waals surface area contributed by atoms with Crippen LogP contribution in [0.3, 0.4) is 0 Å². The number of hydrogen-bond donors (Lipinski definition) is 1. The Balaban J connectivity index is 2.16. The van der Waals surface area contributed by atoms with Crippen molar-refractivity contribution in [1.29, 1.82) is 0 Å². The second-order valence-corrected chi connectivity index (χ2v) is 9.48. The quantitative estimate of drug-likeness (QED) is 0.235. The Morgan fingerprint density at radius 2 is 1.76 bits per heavy atom. The number of amides is 1. The number of benzene rings is 2. The minimum Gasteiger partial charge on any atom is -0.507 e. The summed E-state index contributed by atoms with van der Waals surface area (Å²) in [4.78, 5) is 40.0. The fourth-order valence-electron chi connectivity index (χ4n) is 3.85. The fraction of sp³-hybridized carbons (Fsp3) is 0.360. The highest BCUT2D eigenvalue weighted by Crippen LogP contribution is 2.40. The second-order valence-electron chi connectivity index (χ2n) is 9.48. The Bertz CT molecular complexity index is 1110. The van der Waals surface area contributed by atoms with Gasteiger partial charge in [0.15, 0.2) is 0 Å². The normalized spacial score (nSPS) is 18.2. The molecule has 3 rings (SSSR count). The van der Waals surface area contributed by atoms with Gasteiger partial charge in [-0.15, -0.1) is 0 Å². The van der Waals surface area contributed by atoms with Crippen LogP contribution < -0.4 is 0 Å². The Morgan fingerprint density at radius 3 is 2.30 bits per heavy atom. The van der Waals surface area contributed by atoms with Gasteiger partial charge in [0, 0.05) is 30.8 Å². The SMILES string of the molecule is CN(C)CCN1C(=O)C(=O)/C(=C(\O)c2cccc([N+](=O)[O-])c2)C1c1ccc(C(C)(C)C)cc1. The van der Waals surface area contributed by atoms with Crippen LogP contribution in [-0.2, 0) is 15.0 Å². The minimum atomic E-state index is -0.803. The van der Waals surface area contributed by atoms with Gasteiger partial charge in [0.25, 0.3) is 17.4 Å². The number of likely N-dealkylation sites (tertiary alicyclic amines) is 1. The molecule has 1 heterocycles. The molecule has 0 saturated carbocycles. The maximum Gasteiger partial charge on any atom is 0.295 e. The average molecular weight is 452 g/mol. The summed E-state index contributed by atoms with van der Waals surface area (Å²) in [7, 11) is 3.74. The molecule has 174 valence electrons. The molecule has 1 saturated heterocycles. The highest BCUT2D eigenvalue weighted by Gasteiger charge is 2.46. The van der Waals surface area contributed by atoms with Crippen LogP contribution in [0, 0.1) is 10.1 Å². The van der Waals surface area contributed by atoms with Crippen LogP contribution in [-0.4, -0.2) is 58.7 Å². The van der Waals surface area contributed by atoms with E-state index in [4.69, 9.17) is 0 Å². The molecule has 33 heavy (non-hydrogen) atoms. The molecule has 1 aliphatic heterocycles. The second kappa shape index (κ2) is 9.15. The molecule has 0 spiro atoms. The number of likely N-dealkylation sites (N-methyl/N-ethyl adjacent to an activating group) is 1. The number of aliphatic hydroxyl groups excluding tert-OH is 1. The third-order valence-corrected chi connectivity index (χ3v) is 5.75. The smallest absolute Gasteiger partial charge is 0.295 e. The van der Waals surface area contributed by atoms with E-state index in [1.165, 1.54) is 29.2 Å². The van der Waals surface area contributed by atoms with Crippen LogP contribution in [0.4, 0.5) is 5.69 Å². The molecule has 0 aromatic heterocycles. The molecule has 1 unspecified atom stereocenters. The molecule has 1 amide bonds. The first-order chi connectivity index (χ1) is 15.4. The number of rotatable bonds is 6. The van der Waals surface area contributed by atoms with Crippen molar-refractivity contribution in [3.05, 3.63) is 80.9 Å².